The van der Waals surface area contributed by atoms with Gasteiger partial charge in [-0.05, 0) is 52.4 Å². The molecular weight excluding hydrogens is 352 g/mol. The van der Waals surface area contributed by atoms with E-state index >= 15 is 0 Å². The SMILES string of the molecule is CSc1ccc(-c2cccc3cc(C(=O)N4CC(F)(F)C4)ccc23)cc1. The minimum Gasteiger partial charge on any atom is -0.326 e. The van der Waals surface area contributed by atoms with Crippen molar-refractivity contribution < 1.29 is 13.6 Å². The van der Waals surface area contributed by atoms with E-state index in [1.165, 1.54) is 9.80 Å². The molecule has 1 saturated heterocycles. The molecule has 0 radical (unpaired) electrons. The van der Waals surface area contributed by atoms with Gasteiger partial charge < -0.3 is 4.90 Å². The highest BCUT2D eigenvalue weighted by Crippen LogP contribution is 2.32. The molecule has 1 heterocycles. The Morgan fingerprint density at radius 2 is 1.77 bits per heavy atom. The summed E-state index contributed by atoms with van der Waals surface area (Å²) in [5.74, 6) is -3.09. The summed E-state index contributed by atoms with van der Waals surface area (Å²) >= 11 is 1.70. The molecule has 0 aromatic heterocycles. The van der Waals surface area contributed by atoms with Crippen LogP contribution in [-0.2, 0) is 0 Å². The van der Waals surface area contributed by atoms with Gasteiger partial charge in [0.25, 0.3) is 11.8 Å². The summed E-state index contributed by atoms with van der Waals surface area (Å²) in [6, 6.07) is 19.7. The Morgan fingerprint density at radius 1 is 1.04 bits per heavy atom. The van der Waals surface area contributed by atoms with Crippen molar-refractivity contribution in [2.24, 2.45) is 0 Å². The van der Waals surface area contributed by atoms with Crippen LogP contribution in [0.3, 0.4) is 0 Å². The van der Waals surface area contributed by atoms with E-state index < -0.39 is 19.0 Å². The second-order valence-electron chi connectivity index (χ2n) is 6.49. The first-order valence-electron chi connectivity index (χ1n) is 8.31. The lowest BCUT2D eigenvalue weighted by Gasteiger charge is -2.38. The van der Waals surface area contributed by atoms with Crippen molar-refractivity contribution in [3.05, 3.63) is 66.2 Å². The smallest absolute Gasteiger partial charge is 0.282 e. The molecular formula is C21H17F2NOS. The number of carbonyl (C=O) groups is 1. The van der Waals surface area contributed by atoms with Crippen molar-refractivity contribution in [3.8, 4) is 11.1 Å². The summed E-state index contributed by atoms with van der Waals surface area (Å²) in [5, 5.41) is 1.96. The van der Waals surface area contributed by atoms with Gasteiger partial charge in [0.1, 0.15) is 0 Å². The van der Waals surface area contributed by atoms with Gasteiger partial charge >= 0.3 is 0 Å². The van der Waals surface area contributed by atoms with Crippen LogP contribution in [0, 0.1) is 0 Å². The molecule has 1 aliphatic heterocycles. The molecule has 0 N–H and O–H groups in total. The van der Waals surface area contributed by atoms with Crippen LogP contribution >= 0.6 is 11.8 Å². The number of thioether (sulfide) groups is 1. The molecule has 3 aromatic carbocycles. The standard InChI is InChI=1S/C21H17F2NOS/c1-26-17-8-5-14(6-9-17)18-4-2-3-15-11-16(7-10-19(15)18)20(25)24-12-21(22,23)13-24/h2-11H,12-13H2,1H3. The van der Waals surface area contributed by atoms with E-state index in [0.29, 0.717) is 5.56 Å². The van der Waals surface area contributed by atoms with E-state index in [1.807, 2.05) is 30.5 Å². The number of rotatable bonds is 3. The minimum atomic E-state index is -2.75. The summed E-state index contributed by atoms with van der Waals surface area (Å²) in [7, 11) is 0. The Bertz CT molecular complexity index is 977. The van der Waals surface area contributed by atoms with Crippen LogP contribution in [0.2, 0.25) is 0 Å². The maximum absolute atomic E-state index is 13.0. The Labute approximate surface area is 154 Å². The molecule has 1 aliphatic rings. The molecule has 132 valence electrons. The third-order valence-corrected chi connectivity index (χ3v) is 5.40. The average molecular weight is 369 g/mol. The second kappa shape index (κ2) is 6.40. The van der Waals surface area contributed by atoms with Crippen LogP contribution in [0.1, 0.15) is 10.4 Å². The Hall–Kier alpha value is -2.40. The number of nitrogens with zero attached hydrogens (tertiary/aromatic N) is 1. The Balaban J connectivity index is 1.68. The summed E-state index contributed by atoms with van der Waals surface area (Å²) in [5.41, 5.74) is 2.64. The summed E-state index contributed by atoms with van der Waals surface area (Å²) in [4.78, 5) is 14.8. The van der Waals surface area contributed by atoms with Crippen molar-refractivity contribution in [1.82, 2.24) is 4.90 Å². The van der Waals surface area contributed by atoms with Crippen LogP contribution < -0.4 is 0 Å². The first-order chi connectivity index (χ1) is 12.5. The van der Waals surface area contributed by atoms with E-state index in [1.54, 1.807) is 23.9 Å². The molecule has 1 amide bonds. The van der Waals surface area contributed by atoms with E-state index in [-0.39, 0.29) is 5.91 Å². The molecule has 0 spiro atoms. The molecule has 0 saturated carbocycles. The van der Waals surface area contributed by atoms with Crippen LogP contribution in [0.4, 0.5) is 8.78 Å². The number of carbonyl (C=O) groups excluding carboxylic acids is 1. The van der Waals surface area contributed by atoms with Crippen LogP contribution in [-0.4, -0.2) is 36.1 Å². The third-order valence-electron chi connectivity index (χ3n) is 4.66. The fraction of sp³-hybridized carbons (Fsp3) is 0.190. The minimum absolute atomic E-state index is 0.340. The zero-order valence-corrected chi connectivity index (χ0v) is 15.0. The zero-order valence-electron chi connectivity index (χ0n) is 14.2. The van der Waals surface area contributed by atoms with Gasteiger partial charge in [-0.15, -0.1) is 11.8 Å². The Morgan fingerprint density at radius 3 is 2.42 bits per heavy atom. The average Bonchev–Trinajstić information content (AvgIpc) is 2.64. The van der Waals surface area contributed by atoms with E-state index in [4.69, 9.17) is 0 Å². The third kappa shape index (κ3) is 3.07. The van der Waals surface area contributed by atoms with Crippen molar-refractivity contribution in [2.75, 3.05) is 19.3 Å². The van der Waals surface area contributed by atoms with Crippen molar-refractivity contribution in [1.29, 1.82) is 0 Å². The van der Waals surface area contributed by atoms with Crippen molar-refractivity contribution in [2.45, 2.75) is 10.8 Å². The lowest BCUT2D eigenvalue weighted by atomic mass is 9.96. The lowest BCUT2D eigenvalue weighted by molar-refractivity contribution is -0.113. The quantitative estimate of drug-likeness (QED) is 0.583. The molecule has 4 rings (SSSR count). The highest BCUT2D eigenvalue weighted by atomic mass is 32.2. The van der Waals surface area contributed by atoms with Gasteiger partial charge in [-0.1, -0.05) is 36.4 Å². The molecule has 0 atom stereocenters. The molecule has 0 bridgehead atoms. The number of benzene rings is 3. The normalized spacial score (nSPS) is 15.7. The first-order valence-corrected chi connectivity index (χ1v) is 9.54. The van der Waals surface area contributed by atoms with E-state index in [0.717, 1.165) is 21.9 Å². The van der Waals surface area contributed by atoms with Gasteiger partial charge in [-0.25, -0.2) is 8.78 Å². The fourth-order valence-electron chi connectivity index (χ4n) is 3.28. The number of amides is 1. The van der Waals surface area contributed by atoms with Crippen LogP contribution in [0.5, 0.6) is 0 Å². The predicted molar refractivity (Wildman–Crippen MR) is 102 cm³/mol. The highest BCUT2D eigenvalue weighted by Gasteiger charge is 2.46. The molecule has 1 fully saturated rings. The Kier molecular flexibility index (Phi) is 4.19. The topological polar surface area (TPSA) is 20.3 Å². The van der Waals surface area contributed by atoms with Gasteiger partial charge in [0.2, 0.25) is 0 Å². The van der Waals surface area contributed by atoms with Gasteiger partial charge in [0.05, 0.1) is 13.1 Å². The molecule has 26 heavy (non-hydrogen) atoms. The lowest BCUT2D eigenvalue weighted by Crippen LogP contribution is -2.58. The van der Waals surface area contributed by atoms with Crippen molar-refractivity contribution >= 4 is 28.4 Å². The number of likely N-dealkylation sites (tertiary alicyclic amines) is 1. The van der Waals surface area contributed by atoms with Gasteiger partial charge in [0.15, 0.2) is 0 Å². The molecule has 2 nitrogen and oxygen atoms in total. The van der Waals surface area contributed by atoms with Gasteiger partial charge in [-0.2, -0.15) is 0 Å². The fourth-order valence-corrected chi connectivity index (χ4v) is 3.69. The maximum Gasteiger partial charge on any atom is 0.282 e. The molecule has 3 aromatic rings. The highest BCUT2D eigenvalue weighted by molar-refractivity contribution is 7.98. The largest absolute Gasteiger partial charge is 0.326 e. The zero-order chi connectivity index (χ0) is 18.3. The molecule has 0 aliphatic carbocycles. The van der Waals surface area contributed by atoms with Gasteiger partial charge in [0, 0.05) is 10.5 Å². The summed E-state index contributed by atoms with van der Waals surface area (Å²) in [6.45, 7) is -0.989. The number of halogens is 2. The molecule has 0 unspecified atom stereocenters. The monoisotopic (exact) mass is 369 g/mol. The van der Waals surface area contributed by atoms with E-state index in [9.17, 15) is 13.6 Å². The second-order valence-corrected chi connectivity index (χ2v) is 7.37. The van der Waals surface area contributed by atoms with Gasteiger partial charge in [-0.3, -0.25) is 4.79 Å². The number of hydrogen-bond donors (Lipinski definition) is 0. The summed E-state index contributed by atoms with van der Waals surface area (Å²) < 4.78 is 26.0. The number of alkyl halides is 2. The predicted octanol–water partition coefficient (Wildman–Crippen LogP) is 5.32. The number of fused-ring (bicyclic) bond motifs is 1. The van der Waals surface area contributed by atoms with Crippen molar-refractivity contribution in [3.63, 3.8) is 0 Å². The summed E-state index contributed by atoms with van der Waals surface area (Å²) in [6.07, 6.45) is 2.04. The van der Waals surface area contributed by atoms with Crippen LogP contribution in [0.15, 0.2) is 65.6 Å². The van der Waals surface area contributed by atoms with E-state index in [2.05, 4.69) is 24.3 Å². The first kappa shape index (κ1) is 17.0. The number of hydrogen-bond acceptors (Lipinski definition) is 2. The van der Waals surface area contributed by atoms with Crippen LogP contribution in [0.25, 0.3) is 21.9 Å². The maximum atomic E-state index is 13.0. The molecule has 5 heteroatoms.